The number of nitrogens with zero attached hydrogens (tertiary/aromatic N) is 4. The quantitative estimate of drug-likeness (QED) is 0.826. The summed E-state index contributed by atoms with van der Waals surface area (Å²) in [5.74, 6) is 0.991. The Morgan fingerprint density at radius 2 is 1.74 bits per heavy atom. The van der Waals surface area contributed by atoms with Crippen molar-refractivity contribution in [2.45, 2.75) is 26.7 Å². The van der Waals surface area contributed by atoms with Crippen LogP contribution in [0.25, 0.3) is 11.3 Å². The first-order valence-electron chi connectivity index (χ1n) is 6.75. The van der Waals surface area contributed by atoms with Crippen molar-refractivity contribution in [1.82, 2.24) is 15.0 Å². The SMILES string of the molecule is Cc1cc(-c2nccnc2N2CCCC2)cnc1C. The topological polar surface area (TPSA) is 41.9 Å². The first-order valence-corrected chi connectivity index (χ1v) is 6.75. The molecule has 2 aromatic heterocycles. The number of hydrogen-bond acceptors (Lipinski definition) is 4. The van der Waals surface area contributed by atoms with Gasteiger partial charge in [-0.3, -0.25) is 9.97 Å². The number of anilines is 1. The Kier molecular flexibility index (Phi) is 3.15. The maximum Gasteiger partial charge on any atom is 0.155 e. The molecule has 4 heteroatoms. The van der Waals surface area contributed by atoms with Crippen LogP contribution >= 0.6 is 0 Å². The molecule has 3 heterocycles. The second-order valence-corrected chi connectivity index (χ2v) is 5.05. The van der Waals surface area contributed by atoms with Crippen LogP contribution in [0.4, 0.5) is 5.82 Å². The Bertz CT molecular complexity index is 588. The third-order valence-electron chi connectivity index (χ3n) is 3.70. The average molecular weight is 254 g/mol. The lowest BCUT2D eigenvalue weighted by Gasteiger charge is -2.19. The molecule has 4 nitrogen and oxygen atoms in total. The molecule has 3 rings (SSSR count). The predicted molar refractivity (Wildman–Crippen MR) is 76.2 cm³/mol. The van der Waals surface area contributed by atoms with Gasteiger partial charge < -0.3 is 4.90 Å². The van der Waals surface area contributed by atoms with Crippen molar-refractivity contribution in [3.8, 4) is 11.3 Å². The van der Waals surface area contributed by atoms with Gasteiger partial charge in [-0.1, -0.05) is 0 Å². The number of pyridine rings is 1. The van der Waals surface area contributed by atoms with Gasteiger partial charge in [-0.05, 0) is 38.3 Å². The van der Waals surface area contributed by atoms with Crippen LogP contribution in [0.1, 0.15) is 24.1 Å². The first-order chi connectivity index (χ1) is 9.25. The average Bonchev–Trinajstić information content (AvgIpc) is 2.96. The van der Waals surface area contributed by atoms with Crippen LogP contribution in [0.3, 0.4) is 0 Å². The van der Waals surface area contributed by atoms with Gasteiger partial charge in [0.05, 0.1) is 0 Å². The minimum atomic E-state index is 0.944. The molecule has 0 amide bonds. The van der Waals surface area contributed by atoms with Crippen LogP contribution in [0.2, 0.25) is 0 Å². The molecule has 2 aromatic rings. The van der Waals surface area contributed by atoms with E-state index in [1.807, 2.05) is 13.1 Å². The summed E-state index contributed by atoms with van der Waals surface area (Å²) in [5.41, 5.74) is 4.25. The lowest BCUT2D eigenvalue weighted by molar-refractivity contribution is 0.929. The Morgan fingerprint density at radius 1 is 1.00 bits per heavy atom. The zero-order valence-corrected chi connectivity index (χ0v) is 11.4. The van der Waals surface area contributed by atoms with Gasteiger partial charge in [-0.2, -0.15) is 0 Å². The summed E-state index contributed by atoms with van der Waals surface area (Å²) in [7, 11) is 0. The van der Waals surface area contributed by atoms with Crippen molar-refractivity contribution in [3.05, 3.63) is 35.9 Å². The minimum absolute atomic E-state index is 0.944. The van der Waals surface area contributed by atoms with Gasteiger partial charge in [0.15, 0.2) is 5.82 Å². The van der Waals surface area contributed by atoms with Crippen molar-refractivity contribution < 1.29 is 0 Å². The van der Waals surface area contributed by atoms with Crippen LogP contribution in [-0.2, 0) is 0 Å². The zero-order valence-electron chi connectivity index (χ0n) is 11.4. The second kappa shape index (κ2) is 4.96. The highest BCUT2D eigenvalue weighted by Gasteiger charge is 2.18. The number of aromatic nitrogens is 3. The molecule has 0 atom stereocenters. The molecule has 0 aliphatic carbocycles. The normalized spacial score (nSPS) is 14.9. The summed E-state index contributed by atoms with van der Waals surface area (Å²) in [5, 5.41) is 0. The molecule has 1 fully saturated rings. The molecule has 0 saturated carbocycles. The second-order valence-electron chi connectivity index (χ2n) is 5.05. The standard InChI is InChI=1S/C15H18N4/c1-11-9-13(10-18-12(11)2)14-15(17-6-5-16-14)19-7-3-4-8-19/h5-6,9-10H,3-4,7-8H2,1-2H3. The molecule has 1 aliphatic heterocycles. The molecule has 0 bridgehead atoms. The van der Waals surface area contributed by atoms with Crippen molar-refractivity contribution in [2.75, 3.05) is 18.0 Å². The molecule has 0 N–H and O–H groups in total. The fourth-order valence-corrected chi connectivity index (χ4v) is 2.47. The summed E-state index contributed by atoms with van der Waals surface area (Å²) < 4.78 is 0. The third kappa shape index (κ3) is 2.30. The molecule has 1 aliphatic rings. The van der Waals surface area contributed by atoms with E-state index in [1.54, 1.807) is 12.4 Å². The fraction of sp³-hybridized carbons (Fsp3) is 0.400. The van der Waals surface area contributed by atoms with E-state index in [-0.39, 0.29) is 0 Å². The van der Waals surface area contributed by atoms with E-state index in [2.05, 4.69) is 32.8 Å². The number of rotatable bonds is 2. The summed E-state index contributed by atoms with van der Waals surface area (Å²) in [6.07, 6.45) is 7.89. The molecule has 1 saturated heterocycles. The number of aryl methyl sites for hydroxylation is 2. The van der Waals surface area contributed by atoms with Gasteiger partial charge in [0, 0.05) is 42.9 Å². The molecule has 0 spiro atoms. The largest absolute Gasteiger partial charge is 0.355 e. The fourth-order valence-electron chi connectivity index (χ4n) is 2.47. The lowest BCUT2D eigenvalue weighted by Crippen LogP contribution is -2.20. The zero-order chi connectivity index (χ0) is 13.2. The van der Waals surface area contributed by atoms with Crippen LogP contribution < -0.4 is 4.90 Å². The highest BCUT2D eigenvalue weighted by molar-refractivity contribution is 5.72. The van der Waals surface area contributed by atoms with Crippen LogP contribution in [0.15, 0.2) is 24.7 Å². The molecule has 98 valence electrons. The summed E-state index contributed by atoms with van der Waals surface area (Å²) >= 11 is 0. The highest BCUT2D eigenvalue weighted by atomic mass is 15.2. The van der Waals surface area contributed by atoms with Crippen molar-refractivity contribution in [2.24, 2.45) is 0 Å². The molecule has 0 unspecified atom stereocenters. The molecular weight excluding hydrogens is 236 g/mol. The maximum atomic E-state index is 4.52. The number of hydrogen-bond donors (Lipinski definition) is 0. The van der Waals surface area contributed by atoms with E-state index in [4.69, 9.17) is 0 Å². The summed E-state index contributed by atoms with van der Waals surface area (Å²) in [6, 6.07) is 2.14. The Labute approximate surface area is 113 Å². The van der Waals surface area contributed by atoms with Crippen molar-refractivity contribution in [1.29, 1.82) is 0 Å². The van der Waals surface area contributed by atoms with Gasteiger partial charge in [0.1, 0.15) is 5.69 Å². The van der Waals surface area contributed by atoms with E-state index in [9.17, 15) is 0 Å². The van der Waals surface area contributed by atoms with Gasteiger partial charge in [-0.15, -0.1) is 0 Å². The van der Waals surface area contributed by atoms with E-state index in [1.165, 1.54) is 18.4 Å². The molecular formula is C15H18N4. The lowest BCUT2D eigenvalue weighted by atomic mass is 10.1. The molecule has 0 aromatic carbocycles. The summed E-state index contributed by atoms with van der Waals surface area (Å²) in [6.45, 7) is 6.25. The van der Waals surface area contributed by atoms with Gasteiger partial charge in [0.25, 0.3) is 0 Å². The van der Waals surface area contributed by atoms with Gasteiger partial charge in [0.2, 0.25) is 0 Å². The third-order valence-corrected chi connectivity index (χ3v) is 3.70. The Balaban J connectivity index is 2.06. The molecule has 0 radical (unpaired) electrons. The highest BCUT2D eigenvalue weighted by Crippen LogP contribution is 2.29. The van der Waals surface area contributed by atoms with Crippen LogP contribution in [0.5, 0.6) is 0 Å². The monoisotopic (exact) mass is 254 g/mol. The van der Waals surface area contributed by atoms with Crippen molar-refractivity contribution in [3.63, 3.8) is 0 Å². The predicted octanol–water partition coefficient (Wildman–Crippen LogP) is 2.76. The minimum Gasteiger partial charge on any atom is -0.355 e. The van der Waals surface area contributed by atoms with Crippen LogP contribution in [-0.4, -0.2) is 28.0 Å². The van der Waals surface area contributed by atoms with Crippen LogP contribution in [0, 0.1) is 13.8 Å². The Morgan fingerprint density at radius 3 is 2.47 bits per heavy atom. The van der Waals surface area contributed by atoms with E-state index >= 15 is 0 Å². The smallest absolute Gasteiger partial charge is 0.155 e. The van der Waals surface area contributed by atoms with Crippen molar-refractivity contribution >= 4 is 5.82 Å². The van der Waals surface area contributed by atoms with E-state index < -0.39 is 0 Å². The van der Waals surface area contributed by atoms with Gasteiger partial charge >= 0.3 is 0 Å². The molecule has 19 heavy (non-hydrogen) atoms. The maximum absolute atomic E-state index is 4.52. The van der Waals surface area contributed by atoms with E-state index in [0.717, 1.165) is 35.9 Å². The van der Waals surface area contributed by atoms with Gasteiger partial charge in [-0.25, -0.2) is 4.98 Å². The Hall–Kier alpha value is -1.97. The van der Waals surface area contributed by atoms with E-state index in [0.29, 0.717) is 0 Å². The summed E-state index contributed by atoms with van der Waals surface area (Å²) in [4.78, 5) is 15.8. The first kappa shape index (κ1) is 12.1.